The Morgan fingerprint density at radius 2 is 1.76 bits per heavy atom. The van der Waals surface area contributed by atoms with Crippen LogP contribution in [0.25, 0.3) is 0 Å². The van der Waals surface area contributed by atoms with E-state index in [2.05, 4.69) is 15.9 Å². The number of aliphatic hydroxyl groups is 1. The fourth-order valence-electron chi connectivity index (χ4n) is 1.51. The summed E-state index contributed by atoms with van der Waals surface area (Å²) in [4.78, 5) is 0. The zero-order chi connectivity index (χ0) is 13.1. The lowest BCUT2D eigenvalue weighted by atomic mass is 10.1. The van der Waals surface area contributed by atoms with Gasteiger partial charge in [0.1, 0.15) is 0 Å². The minimum Gasteiger partial charge on any atom is -0.373 e. The smallest absolute Gasteiger partial charge is 0.366 e. The Labute approximate surface area is 110 Å². The van der Waals surface area contributed by atoms with Crippen LogP contribution < -0.4 is 0 Å². The third kappa shape index (κ3) is 2.64. The maximum absolute atomic E-state index is 12.4. The summed E-state index contributed by atoms with van der Waals surface area (Å²) in [6.45, 7) is 1.93. The van der Waals surface area contributed by atoms with Gasteiger partial charge in [-0.1, -0.05) is 45.8 Å². The Morgan fingerprint density at radius 3 is 2.12 bits per heavy atom. The molecule has 17 heavy (non-hydrogen) atoms. The molecule has 0 radical (unpaired) electrons. The van der Waals surface area contributed by atoms with Crippen LogP contribution in [0.3, 0.4) is 0 Å². The van der Waals surface area contributed by atoms with Crippen molar-refractivity contribution in [3.63, 3.8) is 0 Å². The zero-order valence-corrected chi connectivity index (χ0v) is 12.5. The summed E-state index contributed by atoms with van der Waals surface area (Å²) in [6, 6.07) is 7.08. The number of alkyl halides is 1. The molecule has 1 aromatic rings. The highest BCUT2D eigenvalue weighted by Gasteiger charge is 2.49. The van der Waals surface area contributed by atoms with Gasteiger partial charge in [-0.2, -0.15) is 0 Å². The minimum absolute atomic E-state index is 0.0576. The highest BCUT2D eigenvalue weighted by atomic mass is 79.9. The van der Waals surface area contributed by atoms with E-state index in [1.54, 1.807) is 12.1 Å². The molecule has 96 valence electrons. The molecule has 0 heterocycles. The number of hydrogen-bond donors (Lipinski definition) is 1. The molecule has 0 spiro atoms. The summed E-state index contributed by atoms with van der Waals surface area (Å²) < 4.78 is 22.1. The van der Waals surface area contributed by atoms with Crippen LogP contribution in [-0.2, 0) is 19.0 Å². The van der Waals surface area contributed by atoms with E-state index in [1.165, 1.54) is 14.2 Å². The molecule has 0 fully saturated rings. The SMILES string of the molecule is COP(=O)(OC)C(O)(CBr)c1ccc(C)cc1. The summed E-state index contributed by atoms with van der Waals surface area (Å²) in [5.41, 5.74) is 1.54. The molecule has 0 aliphatic rings. The van der Waals surface area contributed by atoms with Crippen molar-refractivity contribution in [3.05, 3.63) is 35.4 Å². The van der Waals surface area contributed by atoms with E-state index in [0.29, 0.717) is 5.56 Å². The first kappa shape index (κ1) is 14.9. The van der Waals surface area contributed by atoms with Gasteiger partial charge in [-0.05, 0) is 12.5 Å². The van der Waals surface area contributed by atoms with Crippen molar-refractivity contribution in [2.75, 3.05) is 19.5 Å². The first-order valence-electron chi connectivity index (χ1n) is 5.00. The van der Waals surface area contributed by atoms with Crippen molar-refractivity contribution in [1.82, 2.24) is 0 Å². The van der Waals surface area contributed by atoms with Crippen LogP contribution in [0.1, 0.15) is 11.1 Å². The molecular formula is C11H16BrO4P. The van der Waals surface area contributed by atoms with E-state index < -0.39 is 12.9 Å². The average molecular weight is 323 g/mol. The van der Waals surface area contributed by atoms with Crippen LogP contribution >= 0.6 is 23.5 Å². The second-order valence-electron chi connectivity index (χ2n) is 3.68. The Kier molecular flexibility index (Phi) is 4.93. The normalized spacial score (nSPS) is 15.6. The number of benzene rings is 1. The van der Waals surface area contributed by atoms with E-state index in [1.807, 2.05) is 19.1 Å². The van der Waals surface area contributed by atoms with Crippen LogP contribution in [0.5, 0.6) is 0 Å². The molecule has 6 heteroatoms. The lowest BCUT2D eigenvalue weighted by Gasteiger charge is -2.32. The molecule has 1 unspecified atom stereocenters. The van der Waals surface area contributed by atoms with Gasteiger partial charge >= 0.3 is 7.60 Å². The van der Waals surface area contributed by atoms with Crippen LogP contribution in [0.4, 0.5) is 0 Å². The maximum atomic E-state index is 12.4. The topological polar surface area (TPSA) is 55.8 Å². The number of aryl methyl sites for hydroxylation is 1. The molecule has 0 amide bonds. The van der Waals surface area contributed by atoms with Gasteiger partial charge in [0.25, 0.3) is 0 Å². The molecule has 0 saturated carbocycles. The maximum Gasteiger partial charge on any atom is 0.366 e. The van der Waals surface area contributed by atoms with E-state index in [9.17, 15) is 9.67 Å². The van der Waals surface area contributed by atoms with Crippen LogP contribution in [0.2, 0.25) is 0 Å². The molecular weight excluding hydrogens is 307 g/mol. The van der Waals surface area contributed by atoms with Gasteiger partial charge in [-0.3, -0.25) is 4.57 Å². The van der Waals surface area contributed by atoms with Gasteiger partial charge in [0.2, 0.25) is 5.34 Å². The van der Waals surface area contributed by atoms with Gasteiger partial charge in [0.05, 0.1) is 0 Å². The van der Waals surface area contributed by atoms with Crippen LogP contribution in [-0.4, -0.2) is 24.7 Å². The zero-order valence-electron chi connectivity index (χ0n) is 10.0. The van der Waals surface area contributed by atoms with Crippen molar-refractivity contribution in [1.29, 1.82) is 0 Å². The summed E-state index contributed by atoms with van der Waals surface area (Å²) >= 11 is 3.16. The molecule has 1 rings (SSSR count). The largest absolute Gasteiger partial charge is 0.373 e. The van der Waals surface area contributed by atoms with Gasteiger partial charge in [-0.15, -0.1) is 0 Å². The lowest BCUT2D eigenvalue weighted by molar-refractivity contribution is 0.0983. The average Bonchev–Trinajstić information content (AvgIpc) is 2.37. The van der Waals surface area contributed by atoms with E-state index in [4.69, 9.17) is 9.05 Å². The molecule has 0 aliphatic carbocycles. The fraction of sp³-hybridized carbons (Fsp3) is 0.455. The summed E-state index contributed by atoms with van der Waals surface area (Å²) in [5.74, 6) is 0. The Balaban J connectivity index is 3.29. The Hall–Kier alpha value is -0.190. The van der Waals surface area contributed by atoms with Gasteiger partial charge in [0.15, 0.2) is 0 Å². The van der Waals surface area contributed by atoms with Crippen molar-refractivity contribution in [3.8, 4) is 0 Å². The number of hydrogen-bond acceptors (Lipinski definition) is 4. The van der Waals surface area contributed by atoms with Crippen molar-refractivity contribution in [2.45, 2.75) is 12.3 Å². The molecule has 1 atom stereocenters. The van der Waals surface area contributed by atoms with Crippen LogP contribution in [0.15, 0.2) is 24.3 Å². The molecule has 1 aromatic carbocycles. The van der Waals surface area contributed by atoms with Gasteiger partial charge in [0, 0.05) is 19.5 Å². The lowest BCUT2D eigenvalue weighted by Crippen LogP contribution is -2.29. The summed E-state index contributed by atoms with van der Waals surface area (Å²) in [5, 5.41) is 8.91. The van der Waals surface area contributed by atoms with E-state index in [0.717, 1.165) is 5.56 Å². The number of rotatable bonds is 5. The third-order valence-electron chi connectivity index (χ3n) is 2.63. The first-order valence-corrected chi connectivity index (χ1v) is 7.67. The molecule has 0 saturated heterocycles. The molecule has 4 nitrogen and oxygen atoms in total. The standard InChI is InChI=1S/C11H16BrO4P/c1-9-4-6-10(7-5-9)11(13,8-12)17(14,15-2)16-3/h4-7,13H,8H2,1-3H3. The highest BCUT2D eigenvalue weighted by molar-refractivity contribution is 9.09. The van der Waals surface area contributed by atoms with E-state index in [-0.39, 0.29) is 5.33 Å². The third-order valence-corrected chi connectivity index (χ3v) is 6.16. The molecule has 1 N–H and O–H groups in total. The van der Waals surface area contributed by atoms with Gasteiger partial charge in [-0.25, -0.2) is 0 Å². The fourth-order valence-corrected chi connectivity index (χ4v) is 4.12. The number of halogens is 1. The first-order chi connectivity index (χ1) is 7.93. The Bertz CT molecular complexity index is 412. The summed E-state index contributed by atoms with van der Waals surface area (Å²) in [7, 11) is -1.12. The molecule has 0 aromatic heterocycles. The predicted octanol–water partition coefficient (Wildman–Crippen LogP) is 3.02. The quantitative estimate of drug-likeness (QED) is 0.668. The second-order valence-corrected chi connectivity index (χ2v) is 6.70. The van der Waals surface area contributed by atoms with Crippen LogP contribution in [0, 0.1) is 6.92 Å². The minimum atomic E-state index is -3.63. The highest BCUT2D eigenvalue weighted by Crippen LogP contribution is 2.63. The van der Waals surface area contributed by atoms with Gasteiger partial charge < -0.3 is 14.2 Å². The van der Waals surface area contributed by atoms with Crippen molar-refractivity contribution in [2.24, 2.45) is 0 Å². The second kappa shape index (κ2) is 5.63. The predicted molar refractivity (Wildman–Crippen MR) is 70.5 cm³/mol. The molecule has 0 bridgehead atoms. The monoisotopic (exact) mass is 322 g/mol. The Morgan fingerprint density at radius 1 is 1.29 bits per heavy atom. The summed E-state index contributed by atoms with van der Waals surface area (Å²) in [6.07, 6.45) is 0. The molecule has 0 aliphatic heterocycles. The van der Waals surface area contributed by atoms with Crippen molar-refractivity contribution >= 4 is 23.5 Å². The van der Waals surface area contributed by atoms with E-state index >= 15 is 0 Å². The van der Waals surface area contributed by atoms with Crippen molar-refractivity contribution < 1.29 is 18.7 Å².